The molecule has 0 bridgehead atoms. The Labute approximate surface area is 504 Å². The van der Waals surface area contributed by atoms with Gasteiger partial charge in [0.1, 0.15) is 54.4 Å². The summed E-state index contributed by atoms with van der Waals surface area (Å²) in [6, 6.07) is 3.96. The number of carbonyl (C=O) groups is 12. The van der Waals surface area contributed by atoms with Gasteiger partial charge in [0.25, 0.3) is 0 Å². The lowest BCUT2D eigenvalue weighted by molar-refractivity contribution is -0.143. The van der Waals surface area contributed by atoms with Crippen molar-refractivity contribution in [1.82, 2.24) is 47.9 Å². The Kier molecular flexibility index (Phi) is 32.9. The molecule has 0 saturated heterocycles. The van der Waals surface area contributed by atoms with E-state index in [0.717, 1.165) is 5.56 Å². The molecule has 12 atom stereocenters. The smallest absolute Gasteiger partial charge is 0.326 e. The summed E-state index contributed by atoms with van der Waals surface area (Å²) in [7, 11) is 0. The minimum atomic E-state index is -1.63. The normalized spacial score (nSPS) is 15.4. The molecule has 0 fully saturated rings. The van der Waals surface area contributed by atoms with E-state index in [2.05, 4.69) is 47.9 Å². The van der Waals surface area contributed by atoms with Gasteiger partial charge in [-0.15, -0.1) is 0 Å². The van der Waals surface area contributed by atoms with Gasteiger partial charge in [0.2, 0.25) is 59.1 Å². The average Bonchev–Trinajstić information content (AvgIpc) is 3.58. The number of primary amides is 1. The van der Waals surface area contributed by atoms with Gasteiger partial charge in [-0.3, -0.25) is 52.7 Å². The molecule has 26 heteroatoms. The molecule has 478 valence electrons. The maximum absolute atomic E-state index is 14.3. The third kappa shape index (κ3) is 26.5. The highest BCUT2D eigenvalue weighted by Crippen LogP contribution is 2.16. The number of nitrogens with two attached hydrogens (primary N) is 3. The van der Waals surface area contributed by atoms with Crippen LogP contribution < -0.4 is 65.1 Å². The molecule has 0 heterocycles. The Bertz CT molecular complexity index is 2570. The molecule has 0 spiro atoms. The number of benzene rings is 2. The van der Waals surface area contributed by atoms with Crippen LogP contribution in [0.3, 0.4) is 0 Å². The molecule has 17 N–H and O–H groups in total. The molecule has 0 unspecified atom stereocenters. The summed E-state index contributed by atoms with van der Waals surface area (Å²) >= 11 is 0. The maximum atomic E-state index is 14.3. The van der Waals surface area contributed by atoms with Gasteiger partial charge in [-0.2, -0.15) is 0 Å². The van der Waals surface area contributed by atoms with Crippen molar-refractivity contribution in [2.24, 2.45) is 40.9 Å². The number of hydrogen-bond donors (Lipinski definition) is 14. The first-order valence-electron chi connectivity index (χ1n) is 29.5. The van der Waals surface area contributed by atoms with E-state index in [-0.39, 0.29) is 44.4 Å². The number of aliphatic carboxylic acids is 2. The molecular formula is C60H94N12O14. The average molecular weight is 1210 g/mol. The van der Waals surface area contributed by atoms with Crippen molar-refractivity contribution < 1.29 is 67.7 Å². The summed E-state index contributed by atoms with van der Waals surface area (Å²) in [5.41, 5.74) is 18.4. The molecule has 86 heavy (non-hydrogen) atoms. The van der Waals surface area contributed by atoms with E-state index in [1.165, 1.54) is 6.92 Å². The monoisotopic (exact) mass is 1210 g/mol. The highest BCUT2D eigenvalue weighted by Gasteiger charge is 2.38. The molecule has 0 saturated carbocycles. The fourth-order valence-electron chi connectivity index (χ4n) is 9.00. The van der Waals surface area contributed by atoms with Crippen molar-refractivity contribution in [3.05, 3.63) is 71.8 Å². The predicted octanol–water partition coefficient (Wildman–Crippen LogP) is 0.320. The van der Waals surface area contributed by atoms with E-state index in [1.807, 2.05) is 13.8 Å². The number of amides is 10. The first-order chi connectivity index (χ1) is 40.5. The van der Waals surface area contributed by atoms with Gasteiger partial charge in [0, 0.05) is 19.3 Å². The summed E-state index contributed by atoms with van der Waals surface area (Å²) in [5, 5.41) is 43.0. The second-order valence-electron chi connectivity index (χ2n) is 22.7. The zero-order valence-electron chi connectivity index (χ0n) is 51.1. The number of carboxylic acid groups (broad SMARTS) is 2. The number of rotatable bonds is 40. The fraction of sp³-hybridized carbons (Fsp3) is 0.600. The summed E-state index contributed by atoms with van der Waals surface area (Å²) in [4.78, 5) is 162. The Morgan fingerprint density at radius 2 is 0.872 bits per heavy atom. The number of unbranched alkanes of at least 4 members (excludes halogenated alkanes) is 1. The summed E-state index contributed by atoms with van der Waals surface area (Å²) < 4.78 is 0. The van der Waals surface area contributed by atoms with Crippen molar-refractivity contribution >= 4 is 71.0 Å². The minimum Gasteiger partial charge on any atom is -0.481 e. The van der Waals surface area contributed by atoms with Crippen molar-refractivity contribution in [2.75, 3.05) is 6.54 Å². The van der Waals surface area contributed by atoms with E-state index >= 15 is 0 Å². The van der Waals surface area contributed by atoms with Gasteiger partial charge in [-0.05, 0) is 93.2 Å². The van der Waals surface area contributed by atoms with Crippen LogP contribution in [0, 0.1) is 23.7 Å². The number of carboxylic acids is 2. The molecule has 2 rings (SSSR count). The Morgan fingerprint density at radius 1 is 0.453 bits per heavy atom. The summed E-state index contributed by atoms with van der Waals surface area (Å²) in [6.07, 6.45) is 0.0938. The number of hydrogen-bond acceptors (Lipinski definition) is 14. The van der Waals surface area contributed by atoms with Crippen molar-refractivity contribution in [3.63, 3.8) is 0 Å². The third-order valence-electron chi connectivity index (χ3n) is 14.6. The Morgan fingerprint density at radius 3 is 1.34 bits per heavy atom. The van der Waals surface area contributed by atoms with Gasteiger partial charge >= 0.3 is 11.9 Å². The molecule has 0 aliphatic rings. The van der Waals surface area contributed by atoms with E-state index in [1.54, 1.807) is 102 Å². The zero-order valence-corrected chi connectivity index (χ0v) is 51.1. The lowest BCUT2D eigenvalue weighted by atomic mass is 9.95. The van der Waals surface area contributed by atoms with Crippen LogP contribution in [0.1, 0.15) is 138 Å². The lowest BCUT2D eigenvalue weighted by Gasteiger charge is -2.31. The first kappa shape index (κ1) is 74.1. The van der Waals surface area contributed by atoms with Crippen LogP contribution in [0.25, 0.3) is 0 Å². The highest BCUT2D eigenvalue weighted by molar-refractivity contribution is 5.99. The van der Waals surface area contributed by atoms with Crippen molar-refractivity contribution in [1.29, 1.82) is 0 Å². The van der Waals surface area contributed by atoms with E-state index in [4.69, 9.17) is 17.2 Å². The quantitative estimate of drug-likeness (QED) is 0.0400. The van der Waals surface area contributed by atoms with Crippen LogP contribution in [-0.4, -0.2) is 148 Å². The molecule has 0 aromatic heterocycles. The lowest BCUT2D eigenvalue weighted by Crippen LogP contribution is -2.62. The van der Waals surface area contributed by atoms with Gasteiger partial charge in [0.05, 0.1) is 6.04 Å². The van der Waals surface area contributed by atoms with E-state index in [9.17, 15) is 67.7 Å². The van der Waals surface area contributed by atoms with Crippen LogP contribution >= 0.6 is 0 Å². The summed E-state index contributed by atoms with van der Waals surface area (Å²) in [5.74, 6) is -12.5. The van der Waals surface area contributed by atoms with Crippen LogP contribution in [0.5, 0.6) is 0 Å². The van der Waals surface area contributed by atoms with E-state index < -0.39 is 162 Å². The molecule has 0 radical (unpaired) electrons. The highest BCUT2D eigenvalue weighted by atomic mass is 16.4. The van der Waals surface area contributed by atoms with Crippen LogP contribution in [-0.2, 0) is 70.4 Å². The van der Waals surface area contributed by atoms with Gasteiger partial charge in [0.15, 0.2) is 0 Å². The van der Waals surface area contributed by atoms with Crippen LogP contribution in [0.4, 0.5) is 0 Å². The van der Waals surface area contributed by atoms with Gasteiger partial charge in [-0.1, -0.05) is 129 Å². The standard InChI is InChI=1S/C60H94N12O14/c1-10-35(7)49(59(84)69-44(30-33(3)4)56(81)70-48(34(5)6)57(82)72-50(36(8)11-2)58(83)67-43(60(85)86)24-18-19-29-61)71-51(76)37(9)64-55(80)45(32-39-22-16-13-17-23-39)68-54(79)42(26-28-47(74)75)66-53(78)41(25-27-46(63)73)65-52(77)40(62)31-38-20-14-12-15-21-38/h12-17,20-23,33-37,40-45,48-50H,10-11,18-19,24-32,61-62H2,1-9H3,(H2,63,73)(H,64,80)(H,65,77)(H,66,78)(H,67,83)(H,68,79)(H,69,84)(H,70,81)(H,71,76)(H,72,82)(H,74,75)(H,85,86)/t35-,36-,37-,40-,41-,42-,43-,44-,45-,48-,49-,50-/m0/s1. The van der Waals surface area contributed by atoms with Gasteiger partial charge in [-0.25, -0.2) is 4.79 Å². The Hall–Kier alpha value is -8.00. The van der Waals surface area contributed by atoms with E-state index in [0.29, 0.717) is 37.8 Å². The predicted molar refractivity (Wildman–Crippen MR) is 320 cm³/mol. The second-order valence-corrected chi connectivity index (χ2v) is 22.7. The number of nitrogens with one attached hydrogen (secondary N) is 9. The molecular weight excluding hydrogens is 1110 g/mol. The second kappa shape index (κ2) is 38.1. The largest absolute Gasteiger partial charge is 0.481 e. The zero-order chi connectivity index (χ0) is 64.8. The third-order valence-corrected chi connectivity index (χ3v) is 14.6. The SMILES string of the molecule is CC[C@H](C)[C@H](NC(=O)[C@H](C)NC(=O)[C@H](Cc1ccccc1)NC(=O)[C@H](CCC(=O)O)NC(=O)[C@H](CCC(N)=O)NC(=O)[C@@H](N)Cc1ccccc1)C(=O)N[C@@H](CC(C)C)C(=O)N[C@H](C(=O)N[C@H](C(=O)N[C@@H](CCCCN)C(=O)O)[C@@H](C)CC)C(C)C. The Balaban J connectivity index is 2.38. The van der Waals surface area contributed by atoms with Crippen molar-refractivity contribution in [3.8, 4) is 0 Å². The maximum Gasteiger partial charge on any atom is 0.326 e. The molecule has 0 aliphatic heterocycles. The first-order valence-corrected chi connectivity index (χ1v) is 29.5. The number of carbonyl (C=O) groups excluding carboxylic acids is 10. The summed E-state index contributed by atoms with van der Waals surface area (Å²) in [6.45, 7) is 15.6. The molecule has 2 aromatic rings. The molecule has 26 nitrogen and oxygen atoms in total. The van der Waals surface area contributed by atoms with Crippen LogP contribution in [0.15, 0.2) is 60.7 Å². The topological polar surface area (TPSA) is 432 Å². The molecule has 0 aliphatic carbocycles. The van der Waals surface area contributed by atoms with Crippen molar-refractivity contribution in [2.45, 2.75) is 200 Å². The molecule has 2 aromatic carbocycles. The molecule has 10 amide bonds. The van der Waals surface area contributed by atoms with Gasteiger partial charge < -0.3 is 75.3 Å². The minimum absolute atomic E-state index is 0.0853. The fourth-order valence-corrected chi connectivity index (χ4v) is 9.00. The van der Waals surface area contributed by atoms with Crippen LogP contribution in [0.2, 0.25) is 0 Å².